The average molecular weight is 409 g/mol. The second-order valence-corrected chi connectivity index (χ2v) is 7.56. The van der Waals surface area contributed by atoms with Crippen molar-refractivity contribution in [3.05, 3.63) is 54.1 Å². The van der Waals surface area contributed by atoms with Crippen LogP contribution in [0.4, 0.5) is 5.69 Å². The van der Waals surface area contributed by atoms with E-state index >= 15 is 0 Å². The van der Waals surface area contributed by atoms with E-state index < -0.39 is 6.10 Å². The van der Waals surface area contributed by atoms with Gasteiger partial charge in [-0.05, 0) is 36.2 Å². The molecule has 0 unspecified atom stereocenters. The van der Waals surface area contributed by atoms with E-state index in [1.807, 2.05) is 42.5 Å². The first kappa shape index (κ1) is 20.2. The molecule has 0 radical (unpaired) electrons. The SMILES string of the molecule is CCc1ccc(NC(=O)CN2CCN(C(=O)[C@@H]3COc4ccccc4O3)CC2)cc1. The van der Waals surface area contributed by atoms with Crippen molar-refractivity contribution in [1.82, 2.24) is 9.80 Å². The van der Waals surface area contributed by atoms with Gasteiger partial charge in [-0.2, -0.15) is 0 Å². The number of piperazine rings is 1. The Morgan fingerprint density at radius 1 is 1.00 bits per heavy atom. The quantitative estimate of drug-likeness (QED) is 0.820. The van der Waals surface area contributed by atoms with E-state index in [1.165, 1.54) is 5.56 Å². The fourth-order valence-corrected chi connectivity index (χ4v) is 3.70. The molecule has 0 spiro atoms. The number of aryl methyl sites for hydroxylation is 1. The van der Waals surface area contributed by atoms with E-state index in [2.05, 4.69) is 17.1 Å². The fourth-order valence-electron chi connectivity index (χ4n) is 3.70. The van der Waals surface area contributed by atoms with Gasteiger partial charge in [0.05, 0.1) is 6.54 Å². The Morgan fingerprint density at radius 2 is 1.70 bits per heavy atom. The smallest absolute Gasteiger partial charge is 0.267 e. The molecular formula is C23H27N3O4. The Balaban J connectivity index is 1.23. The van der Waals surface area contributed by atoms with Gasteiger partial charge in [0.2, 0.25) is 12.0 Å². The van der Waals surface area contributed by atoms with Crippen LogP contribution in [0.1, 0.15) is 12.5 Å². The number of carbonyl (C=O) groups excluding carboxylic acids is 2. The number of benzene rings is 2. The summed E-state index contributed by atoms with van der Waals surface area (Å²) in [7, 11) is 0. The topological polar surface area (TPSA) is 71.1 Å². The molecule has 1 saturated heterocycles. The van der Waals surface area contributed by atoms with E-state index in [9.17, 15) is 9.59 Å². The summed E-state index contributed by atoms with van der Waals surface area (Å²) in [4.78, 5) is 29.0. The molecule has 2 amide bonds. The van der Waals surface area contributed by atoms with E-state index in [0.29, 0.717) is 44.2 Å². The van der Waals surface area contributed by atoms with Crippen molar-refractivity contribution >= 4 is 17.5 Å². The number of amides is 2. The van der Waals surface area contributed by atoms with Crippen LogP contribution >= 0.6 is 0 Å². The number of para-hydroxylation sites is 2. The van der Waals surface area contributed by atoms with Gasteiger partial charge in [-0.3, -0.25) is 14.5 Å². The van der Waals surface area contributed by atoms with Crippen molar-refractivity contribution in [3.8, 4) is 11.5 Å². The summed E-state index contributed by atoms with van der Waals surface area (Å²) in [6.45, 7) is 5.07. The average Bonchev–Trinajstić information content (AvgIpc) is 2.79. The number of fused-ring (bicyclic) bond motifs is 1. The number of rotatable bonds is 5. The van der Waals surface area contributed by atoms with Gasteiger partial charge in [-0.15, -0.1) is 0 Å². The summed E-state index contributed by atoms with van der Waals surface area (Å²) in [6.07, 6.45) is 0.350. The van der Waals surface area contributed by atoms with Gasteiger partial charge in [-0.1, -0.05) is 31.2 Å². The van der Waals surface area contributed by atoms with Crippen molar-refractivity contribution in [2.24, 2.45) is 0 Å². The lowest BCUT2D eigenvalue weighted by molar-refractivity contribution is -0.143. The minimum atomic E-state index is -0.624. The van der Waals surface area contributed by atoms with Crippen LogP contribution in [0.15, 0.2) is 48.5 Å². The Kier molecular flexibility index (Phi) is 6.18. The van der Waals surface area contributed by atoms with Crippen molar-refractivity contribution in [2.45, 2.75) is 19.4 Å². The van der Waals surface area contributed by atoms with E-state index in [0.717, 1.165) is 12.1 Å². The summed E-state index contributed by atoms with van der Waals surface area (Å²) in [5.41, 5.74) is 2.05. The third kappa shape index (κ3) is 4.74. The number of anilines is 1. The Hall–Kier alpha value is -3.06. The first-order chi connectivity index (χ1) is 14.6. The zero-order chi connectivity index (χ0) is 20.9. The molecule has 2 aromatic rings. The third-order valence-electron chi connectivity index (χ3n) is 5.48. The van der Waals surface area contributed by atoms with Gasteiger partial charge in [0.1, 0.15) is 6.61 Å². The molecule has 7 nitrogen and oxygen atoms in total. The van der Waals surface area contributed by atoms with Crippen LogP contribution in [-0.4, -0.2) is 67.0 Å². The molecule has 0 aromatic heterocycles. The van der Waals surface area contributed by atoms with Crippen molar-refractivity contribution in [2.75, 3.05) is 44.6 Å². The van der Waals surface area contributed by atoms with Crippen molar-refractivity contribution in [1.29, 1.82) is 0 Å². The molecular weight excluding hydrogens is 382 g/mol. The van der Waals surface area contributed by atoms with E-state index in [-0.39, 0.29) is 18.4 Å². The van der Waals surface area contributed by atoms with Crippen LogP contribution in [0.5, 0.6) is 11.5 Å². The van der Waals surface area contributed by atoms with Gasteiger partial charge < -0.3 is 19.7 Å². The molecule has 1 N–H and O–H groups in total. The maximum Gasteiger partial charge on any atom is 0.267 e. The molecule has 2 aliphatic rings. The van der Waals surface area contributed by atoms with Gasteiger partial charge in [0, 0.05) is 31.9 Å². The predicted octanol–water partition coefficient (Wildman–Crippen LogP) is 2.17. The molecule has 1 atom stereocenters. The van der Waals surface area contributed by atoms with Crippen LogP contribution in [0.25, 0.3) is 0 Å². The highest BCUT2D eigenvalue weighted by Gasteiger charge is 2.32. The Bertz CT molecular complexity index is 892. The highest BCUT2D eigenvalue weighted by atomic mass is 16.6. The molecule has 158 valence electrons. The van der Waals surface area contributed by atoms with Crippen molar-refractivity contribution < 1.29 is 19.1 Å². The number of carbonyl (C=O) groups is 2. The fraction of sp³-hybridized carbons (Fsp3) is 0.391. The molecule has 2 heterocycles. The monoisotopic (exact) mass is 409 g/mol. The van der Waals surface area contributed by atoms with Crippen LogP contribution in [0.3, 0.4) is 0 Å². The van der Waals surface area contributed by atoms with Crippen LogP contribution in [0.2, 0.25) is 0 Å². The minimum absolute atomic E-state index is 0.0420. The summed E-state index contributed by atoms with van der Waals surface area (Å²) in [5, 5.41) is 2.94. The second kappa shape index (κ2) is 9.17. The number of ether oxygens (including phenoxy) is 2. The van der Waals surface area contributed by atoms with Crippen LogP contribution < -0.4 is 14.8 Å². The molecule has 7 heteroatoms. The normalized spacial score (nSPS) is 18.7. The highest BCUT2D eigenvalue weighted by molar-refractivity contribution is 5.92. The molecule has 2 aromatic carbocycles. The zero-order valence-corrected chi connectivity index (χ0v) is 17.2. The van der Waals surface area contributed by atoms with Gasteiger partial charge >= 0.3 is 0 Å². The molecule has 0 bridgehead atoms. The van der Waals surface area contributed by atoms with Gasteiger partial charge in [0.25, 0.3) is 5.91 Å². The summed E-state index contributed by atoms with van der Waals surface area (Å²) in [5.74, 6) is 1.16. The second-order valence-electron chi connectivity index (χ2n) is 7.56. The van der Waals surface area contributed by atoms with Crippen molar-refractivity contribution in [3.63, 3.8) is 0 Å². The number of nitrogens with zero attached hydrogens (tertiary/aromatic N) is 2. The zero-order valence-electron chi connectivity index (χ0n) is 17.2. The Labute approximate surface area is 176 Å². The largest absolute Gasteiger partial charge is 0.485 e. The Morgan fingerprint density at radius 3 is 2.40 bits per heavy atom. The van der Waals surface area contributed by atoms with E-state index in [1.54, 1.807) is 11.0 Å². The lowest BCUT2D eigenvalue weighted by Crippen LogP contribution is -2.54. The maximum absolute atomic E-state index is 12.8. The molecule has 0 saturated carbocycles. The summed E-state index contributed by atoms with van der Waals surface area (Å²) in [6, 6.07) is 15.3. The molecule has 30 heavy (non-hydrogen) atoms. The number of nitrogens with one attached hydrogen (secondary N) is 1. The predicted molar refractivity (Wildman–Crippen MR) is 114 cm³/mol. The van der Waals surface area contributed by atoms with E-state index in [4.69, 9.17) is 9.47 Å². The molecule has 0 aliphatic carbocycles. The summed E-state index contributed by atoms with van der Waals surface area (Å²) < 4.78 is 11.5. The standard InChI is InChI=1S/C23H27N3O4/c1-2-17-7-9-18(10-8-17)24-22(27)15-25-11-13-26(14-12-25)23(28)21-16-29-19-5-3-4-6-20(19)30-21/h3-10,21H,2,11-16H2,1H3,(H,24,27)/t21-/m0/s1. The minimum Gasteiger partial charge on any atom is -0.485 e. The number of hydrogen-bond donors (Lipinski definition) is 1. The van der Waals surface area contributed by atoms with Gasteiger partial charge in [0.15, 0.2) is 11.5 Å². The van der Waals surface area contributed by atoms with Gasteiger partial charge in [-0.25, -0.2) is 0 Å². The molecule has 4 rings (SSSR count). The molecule has 2 aliphatic heterocycles. The molecule has 1 fully saturated rings. The third-order valence-corrected chi connectivity index (χ3v) is 5.48. The van der Waals surface area contributed by atoms with Crippen LogP contribution in [-0.2, 0) is 16.0 Å². The first-order valence-corrected chi connectivity index (χ1v) is 10.4. The lowest BCUT2D eigenvalue weighted by Gasteiger charge is -2.36. The van der Waals surface area contributed by atoms with Crippen LogP contribution in [0, 0.1) is 0 Å². The number of hydrogen-bond acceptors (Lipinski definition) is 5. The highest BCUT2D eigenvalue weighted by Crippen LogP contribution is 2.31. The lowest BCUT2D eigenvalue weighted by atomic mass is 10.1. The first-order valence-electron chi connectivity index (χ1n) is 10.4. The maximum atomic E-state index is 12.8. The summed E-state index contributed by atoms with van der Waals surface area (Å²) >= 11 is 0.